The van der Waals surface area contributed by atoms with Crippen LogP contribution in [0.1, 0.15) is 17.3 Å². The van der Waals surface area contributed by atoms with E-state index in [1.54, 1.807) is 0 Å². The van der Waals surface area contributed by atoms with Crippen LogP contribution in [0.3, 0.4) is 0 Å². The summed E-state index contributed by atoms with van der Waals surface area (Å²) in [5.41, 5.74) is 0.0271. The zero-order chi connectivity index (χ0) is 13.2. The lowest BCUT2D eigenvalue weighted by Crippen LogP contribution is -2.17. The number of rotatable bonds is 3. The average molecular weight is 313 g/mol. The van der Waals surface area contributed by atoms with Crippen molar-refractivity contribution < 1.29 is 27.8 Å². The normalized spacial score (nSPS) is 13.2. The number of ketones is 1. The molecule has 0 aromatic heterocycles. The smallest absolute Gasteiger partial charge is 0.504 e. The number of para-hydroxylation sites is 1. The summed E-state index contributed by atoms with van der Waals surface area (Å²) in [4.78, 5) is 10.2. The number of Topliss-reactive ketones (excluding diaryl/α,β-unsaturated/α-hetero) is 1. The van der Waals surface area contributed by atoms with Gasteiger partial charge >= 0.3 is 6.36 Å². The molecule has 1 aromatic carbocycles. The second kappa shape index (κ2) is 4.95. The van der Waals surface area contributed by atoms with Gasteiger partial charge in [-0.15, -0.1) is 13.2 Å². The molecular weight excluding hydrogens is 305 g/mol. The molecule has 0 fully saturated rings. The van der Waals surface area contributed by atoms with Crippen LogP contribution in [0.5, 0.6) is 11.5 Å². The van der Waals surface area contributed by atoms with Gasteiger partial charge in [-0.3, -0.25) is 4.79 Å². The predicted molar refractivity (Wildman–Crippen MR) is 57.1 cm³/mol. The molecule has 0 saturated carbocycles. The van der Waals surface area contributed by atoms with Gasteiger partial charge < -0.3 is 9.84 Å². The monoisotopic (exact) mass is 312 g/mol. The maximum atomic E-state index is 12.0. The van der Waals surface area contributed by atoms with Crippen LogP contribution in [0.25, 0.3) is 0 Å². The van der Waals surface area contributed by atoms with Crippen molar-refractivity contribution in [2.75, 3.05) is 0 Å². The highest BCUT2D eigenvalue weighted by atomic mass is 79.9. The Morgan fingerprint density at radius 2 is 2.06 bits per heavy atom. The van der Waals surface area contributed by atoms with Gasteiger partial charge in [0.15, 0.2) is 11.5 Å². The van der Waals surface area contributed by atoms with Gasteiger partial charge in [0, 0.05) is 5.56 Å². The molecule has 1 aromatic rings. The number of benzene rings is 1. The van der Waals surface area contributed by atoms with E-state index in [9.17, 15) is 23.1 Å². The number of phenolic OH excluding ortho intramolecular Hbond substituents is 1. The lowest BCUT2D eigenvalue weighted by atomic mass is 10.1. The van der Waals surface area contributed by atoms with Gasteiger partial charge in [0.25, 0.3) is 0 Å². The summed E-state index contributed by atoms with van der Waals surface area (Å²) in [5.74, 6) is -1.79. The van der Waals surface area contributed by atoms with Crippen LogP contribution < -0.4 is 4.74 Å². The molecule has 1 rings (SSSR count). The quantitative estimate of drug-likeness (QED) is 0.871. The fraction of sp³-hybridized carbons (Fsp3) is 0.300. The minimum atomic E-state index is -4.89. The van der Waals surface area contributed by atoms with Gasteiger partial charge in [0.2, 0.25) is 0 Å². The van der Waals surface area contributed by atoms with E-state index in [1.165, 1.54) is 19.1 Å². The number of ether oxygens (including phenoxy) is 1. The van der Waals surface area contributed by atoms with E-state index >= 15 is 0 Å². The minimum absolute atomic E-state index is 0.0271. The van der Waals surface area contributed by atoms with Crippen LogP contribution in [0, 0.1) is 0 Å². The van der Waals surface area contributed by atoms with Crippen molar-refractivity contribution >= 4 is 21.7 Å². The third-order valence-corrected chi connectivity index (χ3v) is 3.02. The van der Waals surface area contributed by atoms with E-state index in [1.807, 2.05) is 0 Å². The van der Waals surface area contributed by atoms with Crippen LogP contribution in [0.2, 0.25) is 0 Å². The number of carbonyl (C=O) groups is 1. The predicted octanol–water partition coefficient (Wildman–Crippen LogP) is 3.32. The van der Waals surface area contributed by atoms with E-state index in [2.05, 4.69) is 20.7 Å². The van der Waals surface area contributed by atoms with Crippen LogP contribution in [0.4, 0.5) is 13.2 Å². The number of aromatic hydroxyl groups is 1. The number of carbonyl (C=O) groups excluding carboxylic acids is 1. The minimum Gasteiger partial charge on any atom is -0.504 e. The molecule has 0 saturated heterocycles. The molecule has 1 N–H and O–H groups in total. The fourth-order valence-corrected chi connectivity index (χ4v) is 1.54. The molecular formula is C10H8BrF3O3. The first kappa shape index (κ1) is 13.8. The number of hydrogen-bond donors (Lipinski definition) is 1. The SMILES string of the molecule is CC(=O)C(Br)c1cccc(OC(F)(F)F)c1O. The van der Waals surface area contributed by atoms with Gasteiger partial charge in [-0.1, -0.05) is 28.1 Å². The second-order valence-corrected chi connectivity index (χ2v) is 4.13. The molecule has 0 aliphatic rings. The highest BCUT2D eigenvalue weighted by molar-refractivity contribution is 9.09. The highest BCUT2D eigenvalue weighted by Gasteiger charge is 2.33. The van der Waals surface area contributed by atoms with Gasteiger partial charge in [0.1, 0.15) is 10.6 Å². The summed E-state index contributed by atoms with van der Waals surface area (Å²) in [6.45, 7) is 1.25. The Morgan fingerprint density at radius 3 is 2.53 bits per heavy atom. The van der Waals surface area contributed by atoms with Crippen LogP contribution in [-0.2, 0) is 4.79 Å². The largest absolute Gasteiger partial charge is 0.573 e. The lowest BCUT2D eigenvalue weighted by Gasteiger charge is -2.14. The number of hydrogen-bond acceptors (Lipinski definition) is 3. The molecule has 0 amide bonds. The number of phenols is 1. The summed E-state index contributed by atoms with van der Waals surface area (Å²) >= 11 is 2.97. The Labute approximate surface area is 103 Å². The first-order valence-corrected chi connectivity index (χ1v) is 5.36. The van der Waals surface area contributed by atoms with Gasteiger partial charge in [-0.05, 0) is 13.0 Å². The van der Waals surface area contributed by atoms with E-state index in [-0.39, 0.29) is 11.3 Å². The van der Waals surface area contributed by atoms with E-state index in [0.29, 0.717) is 0 Å². The zero-order valence-corrected chi connectivity index (χ0v) is 10.2. The molecule has 3 nitrogen and oxygen atoms in total. The molecule has 17 heavy (non-hydrogen) atoms. The molecule has 0 radical (unpaired) electrons. The van der Waals surface area contributed by atoms with Crippen LogP contribution in [0.15, 0.2) is 18.2 Å². The third kappa shape index (κ3) is 3.62. The summed E-state index contributed by atoms with van der Waals surface area (Å²) in [5, 5.41) is 9.56. The highest BCUT2D eigenvalue weighted by Crippen LogP contribution is 2.39. The maximum absolute atomic E-state index is 12.0. The average Bonchev–Trinajstić information content (AvgIpc) is 2.18. The van der Waals surface area contributed by atoms with Gasteiger partial charge in [-0.25, -0.2) is 0 Å². The molecule has 94 valence electrons. The lowest BCUT2D eigenvalue weighted by molar-refractivity contribution is -0.275. The summed E-state index contributed by atoms with van der Waals surface area (Å²) in [7, 11) is 0. The molecule has 0 spiro atoms. The molecule has 0 aliphatic heterocycles. The summed E-state index contributed by atoms with van der Waals surface area (Å²) < 4.78 is 39.6. The zero-order valence-electron chi connectivity index (χ0n) is 8.58. The standard InChI is InChI=1S/C10H8BrF3O3/c1-5(15)8(11)6-3-2-4-7(9(6)16)17-10(12,13)14/h2-4,8,16H,1H3. The second-order valence-electron chi connectivity index (χ2n) is 3.21. The van der Waals surface area contributed by atoms with Crippen molar-refractivity contribution in [1.82, 2.24) is 0 Å². The maximum Gasteiger partial charge on any atom is 0.573 e. The Hall–Kier alpha value is -1.24. The molecule has 1 atom stereocenters. The molecule has 0 aliphatic carbocycles. The Bertz CT molecular complexity index is 431. The van der Waals surface area contributed by atoms with E-state index < -0.39 is 22.7 Å². The Balaban J connectivity index is 3.12. The fourth-order valence-electron chi connectivity index (χ4n) is 1.17. The molecule has 7 heteroatoms. The van der Waals surface area contributed by atoms with Crippen molar-refractivity contribution in [2.45, 2.75) is 18.1 Å². The van der Waals surface area contributed by atoms with Crippen molar-refractivity contribution in [1.29, 1.82) is 0 Å². The first-order chi connectivity index (χ1) is 7.72. The Kier molecular flexibility index (Phi) is 4.03. The van der Waals surface area contributed by atoms with Gasteiger partial charge in [-0.2, -0.15) is 0 Å². The molecule has 1 unspecified atom stereocenters. The van der Waals surface area contributed by atoms with Crippen molar-refractivity contribution in [3.8, 4) is 11.5 Å². The van der Waals surface area contributed by atoms with E-state index in [4.69, 9.17) is 0 Å². The van der Waals surface area contributed by atoms with Crippen molar-refractivity contribution in [3.05, 3.63) is 23.8 Å². The first-order valence-electron chi connectivity index (χ1n) is 4.44. The van der Waals surface area contributed by atoms with Crippen LogP contribution in [-0.4, -0.2) is 17.3 Å². The Morgan fingerprint density at radius 1 is 1.47 bits per heavy atom. The van der Waals surface area contributed by atoms with Crippen LogP contribution >= 0.6 is 15.9 Å². The van der Waals surface area contributed by atoms with E-state index in [0.717, 1.165) is 6.07 Å². The third-order valence-electron chi connectivity index (χ3n) is 1.89. The number of alkyl halides is 4. The summed E-state index contributed by atoms with van der Waals surface area (Å²) in [6.07, 6.45) is -4.89. The number of halogens is 4. The summed E-state index contributed by atoms with van der Waals surface area (Å²) in [6, 6.07) is 3.55. The van der Waals surface area contributed by atoms with Gasteiger partial charge in [0.05, 0.1) is 0 Å². The molecule has 0 bridgehead atoms. The topological polar surface area (TPSA) is 46.5 Å². The van der Waals surface area contributed by atoms with Crippen molar-refractivity contribution in [3.63, 3.8) is 0 Å². The van der Waals surface area contributed by atoms with Crippen molar-refractivity contribution in [2.24, 2.45) is 0 Å². The molecule has 0 heterocycles.